The summed E-state index contributed by atoms with van der Waals surface area (Å²) in [5, 5.41) is 0. The molecule has 2 aromatic rings. The van der Waals surface area contributed by atoms with Gasteiger partial charge in [-0.2, -0.15) is 0 Å². The maximum atomic E-state index is 5.84. The second-order valence-electron chi connectivity index (χ2n) is 5.43. The van der Waals surface area contributed by atoms with Crippen molar-refractivity contribution in [1.82, 2.24) is 19.9 Å². The van der Waals surface area contributed by atoms with Gasteiger partial charge < -0.3 is 9.64 Å². The largest absolute Gasteiger partial charge is 0.458 e. The summed E-state index contributed by atoms with van der Waals surface area (Å²) >= 11 is 0. The fraction of sp³-hybridized carbons (Fsp3) is 0.467. The van der Waals surface area contributed by atoms with Gasteiger partial charge in [-0.3, -0.25) is 0 Å². The maximum Gasteiger partial charge on any atom is 0.316 e. The molecule has 21 heavy (non-hydrogen) atoms. The molecule has 0 bridgehead atoms. The van der Waals surface area contributed by atoms with Crippen LogP contribution in [0.2, 0.25) is 0 Å². The molecule has 0 spiro atoms. The Balaban J connectivity index is 1.66. The maximum absolute atomic E-state index is 5.84. The van der Waals surface area contributed by atoms with E-state index in [-0.39, 0.29) is 6.10 Å². The molecule has 1 unspecified atom stereocenters. The Labute approximate surface area is 124 Å². The zero-order valence-corrected chi connectivity index (χ0v) is 12.6. The third-order valence-corrected chi connectivity index (χ3v) is 3.45. The zero-order chi connectivity index (χ0) is 14.8. The molecule has 110 valence electrons. The van der Waals surface area contributed by atoms with E-state index in [9.17, 15) is 0 Å². The molecule has 1 fully saturated rings. The molecule has 0 N–H and O–H groups in total. The number of rotatable bonds is 3. The van der Waals surface area contributed by atoms with E-state index >= 15 is 0 Å². The first-order chi connectivity index (χ1) is 10.1. The van der Waals surface area contributed by atoms with Gasteiger partial charge in [-0.05, 0) is 26.3 Å². The van der Waals surface area contributed by atoms with E-state index in [1.165, 1.54) is 0 Å². The van der Waals surface area contributed by atoms with E-state index in [2.05, 4.69) is 24.8 Å². The first kappa shape index (κ1) is 13.7. The molecule has 0 aliphatic carbocycles. The van der Waals surface area contributed by atoms with Crippen LogP contribution in [0.5, 0.6) is 6.01 Å². The molecule has 0 saturated carbocycles. The third-order valence-electron chi connectivity index (χ3n) is 3.45. The van der Waals surface area contributed by atoms with Crippen LogP contribution >= 0.6 is 0 Å². The van der Waals surface area contributed by atoms with Crippen LogP contribution in [0, 0.1) is 20.8 Å². The van der Waals surface area contributed by atoms with E-state index < -0.39 is 0 Å². The lowest BCUT2D eigenvalue weighted by Crippen LogP contribution is -2.26. The smallest absolute Gasteiger partial charge is 0.316 e. The number of nitrogens with zero attached hydrogens (tertiary/aromatic N) is 5. The summed E-state index contributed by atoms with van der Waals surface area (Å²) in [6, 6.07) is 2.46. The lowest BCUT2D eigenvalue weighted by atomic mass is 10.3. The summed E-state index contributed by atoms with van der Waals surface area (Å²) in [6.07, 6.45) is 4.58. The number of hydrogen-bond donors (Lipinski definition) is 0. The third kappa shape index (κ3) is 3.26. The zero-order valence-electron chi connectivity index (χ0n) is 12.6. The Morgan fingerprint density at radius 2 is 1.90 bits per heavy atom. The molecular formula is C15H19N5O. The first-order valence-corrected chi connectivity index (χ1v) is 7.13. The Morgan fingerprint density at radius 3 is 2.62 bits per heavy atom. The molecule has 1 aliphatic rings. The van der Waals surface area contributed by atoms with Gasteiger partial charge in [0, 0.05) is 37.1 Å². The van der Waals surface area contributed by atoms with E-state index in [1.807, 2.05) is 26.8 Å². The molecule has 6 nitrogen and oxygen atoms in total. The minimum absolute atomic E-state index is 0.100. The predicted molar refractivity (Wildman–Crippen MR) is 79.5 cm³/mol. The second-order valence-corrected chi connectivity index (χ2v) is 5.43. The number of aromatic nitrogens is 4. The van der Waals surface area contributed by atoms with Gasteiger partial charge in [-0.25, -0.2) is 19.9 Å². The lowest BCUT2D eigenvalue weighted by Gasteiger charge is -2.18. The quantitative estimate of drug-likeness (QED) is 0.857. The molecule has 0 radical (unpaired) electrons. The molecule has 6 heteroatoms. The fourth-order valence-corrected chi connectivity index (χ4v) is 2.48. The van der Waals surface area contributed by atoms with Crippen molar-refractivity contribution >= 4 is 5.82 Å². The van der Waals surface area contributed by atoms with Crippen LogP contribution in [0.1, 0.15) is 23.5 Å². The lowest BCUT2D eigenvalue weighted by molar-refractivity contribution is 0.206. The van der Waals surface area contributed by atoms with Gasteiger partial charge in [0.1, 0.15) is 17.7 Å². The van der Waals surface area contributed by atoms with Crippen molar-refractivity contribution in [3.05, 3.63) is 35.5 Å². The van der Waals surface area contributed by atoms with Gasteiger partial charge in [-0.15, -0.1) is 0 Å². The van der Waals surface area contributed by atoms with Crippen molar-refractivity contribution in [3.8, 4) is 6.01 Å². The van der Waals surface area contributed by atoms with E-state index in [4.69, 9.17) is 4.74 Å². The molecular weight excluding hydrogens is 266 g/mol. The van der Waals surface area contributed by atoms with Gasteiger partial charge in [0.05, 0.1) is 6.54 Å². The number of anilines is 1. The normalized spacial score (nSPS) is 18.0. The SMILES string of the molecule is Cc1cnc(OC2CCN(c3cc(C)nc(C)n3)C2)nc1. The van der Waals surface area contributed by atoms with E-state index in [1.54, 1.807) is 12.4 Å². The van der Waals surface area contributed by atoms with Crippen LogP contribution in [-0.2, 0) is 0 Å². The average molecular weight is 285 g/mol. The Hall–Kier alpha value is -2.24. The number of hydrogen-bond acceptors (Lipinski definition) is 6. The minimum atomic E-state index is 0.100. The highest BCUT2D eigenvalue weighted by Gasteiger charge is 2.26. The second kappa shape index (κ2) is 5.63. The summed E-state index contributed by atoms with van der Waals surface area (Å²) in [6.45, 7) is 7.59. The van der Waals surface area contributed by atoms with Crippen molar-refractivity contribution in [2.75, 3.05) is 18.0 Å². The molecule has 3 rings (SSSR count). The van der Waals surface area contributed by atoms with Crippen molar-refractivity contribution < 1.29 is 4.74 Å². The Kier molecular flexibility index (Phi) is 3.68. The Bertz CT molecular complexity index is 608. The van der Waals surface area contributed by atoms with Crippen molar-refractivity contribution in [2.24, 2.45) is 0 Å². The molecule has 2 aromatic heterocycles. The number of ether oxygens (including phenoxy) is 1. The highest BCUT2D eigenvalue weighted by atomic mass is 16.5. The standard InChI is InChI=1S/C15H19N5O/c1-10-7-16-15(17-8-10)21-13-4-5-20(9-13)14-6-11(2)18-12(3)19-14/h6-8,13H,4-5,9H2,1-3H3. The summed E-state index contributed by atoms with van der Waals surface area (Å²) in [5.41, 5.74) is 2.02. The van der Waals surface area contributed by atoms with Crippen molar-refractivity contribution in [2.45, 2.75) is 33.3 Å². The van der Waals surface area contributed by atoms with Gasteiger partial charge in [0.25, 0.3) is 0 Å². The highest BCUT2D eigenvalue weighted by Crippen LogP contribution is 2.21. The monoisotopic (exact) mass is 285 g/mol. The van der Waals surface area contributed by atoms with Gasteiger partial charge in [-0.1, -0.05) is 0 Å². The summed E-state index contributed by atoms with van der Waals surface area (Å²) in [7, 11) is 0. The summed E-state index contributed by atoms with van der Waals surface area (Å²) in [4.78, 5) is 19.4. The van der Waals surface area contributed by atoms with Gasteiger partial charge >= 0.3 is 6.01 Å². The fourth-order valence-electron chi connectivity index (χ4n) is 2.48. The summed E-state index contributed by atoms with van der Waals surface area (Å²) < 4.78 is 5.84. The highest BCUT2D eigenvalue weighted by molar-refractivity contribution is 5.41. The minimum Gasteiger partial charge on any atom is -0.458 e. The first-order valence-electron chi connectivity index (χ1n) is 7.13. The molecule has 0 amide bonds. The predicted octanol–water partition coefficient (Wildman–Crippen LogP) is 1.85. The van der Waals surface area contributed by atoms with Crippen LogP contribution in [-0.4, -0.2) is 39.1 Å². The van der Waals surface area contributed by atoms with Gasteiger partial charge in [0.15, 0.2) is 0 Å². The van der Waals surface area contributed by atoms with Crippen LogP contribution < -0.4 is 9.64 Å². The average Bonchev–Trinajstić information content (AvgIpc) is 2.89. The topological polar surface area (TPSA) is 64.0 Å². The van der Waals surface area contributed by atoms with Crippen LogP contribution in [0.3, 0.4) is 0 Å². The van der Waals surface area contributed by atoms with E-state index in [0.717, 1.165) is 42.4 Å². The van der Waals surface area contributed by atoms with E-state index in [0.29, 0.717) is 6.01 Å². The molecule has 1 saturated heterocycles. The van der Waals surface area contributed by atoms with Crippen molar-refractivity contribution in [1.29, 1.82) is 0 Å². The van der Waals surface area contributed by atoms with Crippen LogP contribution in [0.4, 0.5) is 5.82 Å². The van der Waals surface area contributed by atoms with Crippen LogP contribution in [0.25, 0.3) is 0 Å². The Morgan fingerprint density at radius 1 is 1.14 bits per heavy atom. The van der Waals surface area contributed by atoms with Crippen molar-refractivity contribution in [3.63, 3.8) is 0 Å². The van der Waals surface area contributed by atoms with Gasteiger partial charge in [0.2, 0.25) is 0 Å². The number of aryl methyl sites for hydroxylation is 3. The molecule has 1 atom stereocenters. The molecule has 0 aromatic carbocycles. The summed E-state index contributed by atoms with van der Waals surface area (Å²) in [5.74, 6) is 1.77. The molecule has 3 heterocycles. The van der Waals surface area contributed by atoms with Crippen LogP contribution in [0.15, 0.2) is 18.5 Å². The molecule has 1 aliphatic heterocycles.